The minimum atomic E-state index is -0.715. The smallest absolute Gasteiger partial charge is 0.426 e. The SMILES string of the molecule is CCOc1ccsc1C(=O)NNC(=O)OCCc1c[nH]c2ccccc12. The Morgan fingerprint density at radius 3 is 2.88 bits per heavy atom. The number of H-pyrrole nitrogens is 1. The second kappa shape index (κ2) is 8.39. The van der Waals surface area contributed by atoms with Gasteiger partial charge in [-0.2, -0.15) is 0 Å². The molecular formula is C18H19N3O4S. The van der Waals surface area contributed by atoms with E-state index in [4.69, 9.17) is 9.47 Å². The first-order chi connectivity index (χ1) is 12.7. The molecule has 3 rings (SSSR count). The van der Waals surface area contributed by atoms with Gasteiger partial charge in [0.15, 0.2) is 0 Å². The van der Waals surface area contributed by atoms with Gasteiger partial charge in [-0.15, -0.1) is 11.3 Å². The Kier molecular flexibility index (Phi) is 5.75. The number of hydrogen-bond donors (Lipinski definition) is 3. The van der Waals surface area contributed by atoms with Crippen LogP contribution in [-0.4, -0.2) is 30.2 Å². The molecule has 2 amide bonds. The molecule has 0 aliphatic rings. The van der Waals surface area contributed by atoms with E-state index in [0.717, 1.165) is 16.5 Å². The monoisotopic (exact) mass is 373 g/mol. The average Bonchev–Trinajstić information content (AvgIpc) is 3.27. The van der Waals surface area contributed by atoms with Gasteiger partial charge in [0, 0.05) is 23.5 Å². The predicted octanol–water partition coefficient (Wildman–Crippen LogP) is 3.24. The first kappa shape index (κ1) is 17.8. The fourth-order valence-electron chi connectivity index (χ4n) is 2.52. The van der Waals surface area contributed by atoms with E-state index in [9.17, 15) is 9.59 Å². The molecule has 3 aromatic rings. The summed E-state index contributed by atoms with van der Waals surface area (Å²) in [5, 5.41) is 2.85. The third-order valence-corrected chi connectivity index (χ3v) is 4.59. The molecule has 3 N–H and O–H groups in total. The molecule has 0 aliphatic heterocycles. The van der Waals surface area contributed by atoms with Gasteiger partial charge in [-0.25, -0.2) is 10.2 Å². The highest BCUT2D eigenvalue weighted by Gasteiger charge is 2.15. The Hall–Kier alpha value is -3.00. The minimum Gasteiger partial charge on any atom is -0.492 e. The van der Waals surface area contributed by atoms with Crippen molar-refractivity contribution in [2.75, 3.05) is 13.2 Å². The zero-order valence-corrected chi connectivity index (χ0v) is 15.0. The number of hydrogen-bond acceptors (Lipinski definition) is 5. The number of para-hydroxylation sites is 1. The van der Waals surface area contributed by atoms with E-state index in [1.165, 1.54) is 11.3 Å². The lowest BCUT2D eigenvalue weighted by molar-refractivity contribution is 0.0911. The number of nitrogens with one attached hydrogen (secondary N) is 3. The van der Waals surface area contributed by atoms with Gasteiger partial charge in [0.25, 0.3) is 5.91 Å². The zero-order valence-electron chi connectivity index (χ0n) is 14.2. The number of ether oxygens (including phenoxy) is 2. The maximum Gasteiger partial charge on any atom is 0.426 e. The largest absolute Gasteiger partial charge is 0.492 e. The van der Waals surface area contributed by atoms with Crippen LogP contribution in [-0.2, 0) is 11.2 Å². The van der Waals surface area contributed by atoms with Gasteiger partial charge in [-0.05, 0) is 30.0 Å². The molecule has 0 saturated carbocycles. The normalized spacial score (nSPS) is 10.5. The molecule has 2 heterocycles. The van der Waals surface area contributed by atoms with Crippen molar-refractivity contribution < 1.29 is 19.1 Å². The van der Waals surface area contributed by atoms with E-state index in [-0.39, 0.29) is 6.61 Å². The van der Waals surface area contributed by atoms with E-state index in [1.54, 1.807) is 11.4 Å². The highest BCUT2D eigenvalue weighted by atomic mass is 32.1. The van der Waals surface area contributed by atoms with Crippen molar-refractivity contribution in [1.82, 2.24) is 15.8 Å². The number of carbonyl (C=O) groups is 2. The lowest BCUT2D eigenvalue weighted by atomic mass is 10.1. The summed E-state index contributed by atoms with van der Waals surface area (Å²) in [6.07, 6.45) is 1.76. The Labute approximate surface area is 154 Å². The van der Waals surface area contributed by atoms with Crippen LogP contribution in [0, 0.1) is 0 Å². The van der Waals surface area contributed by atoms with Crippen LogP contribution in [0.3, 0.4) is 0 Å². The van der Waals surface area contributed by atoms with E-state index in [0.29, 0.717) is 23.7 Å². The van der Waals surface area contributed by atoms with Crippen LogP contribution in [0.2, 0.25) is 0 Å². The molecular weight excluding hydrogens is 354 g/mol. The molecule has 0 aliphatic carbocycles. The summed E-state index contributed by atoms with van der Waals surface area (Å²) in [6.45, 7) is 2.50. The second-order valence-electron chi connectivity index (χ2n) is 5.37. The number of carbonyl (C=O) groups excluding carboxylic acids is 2. The van der Waals surface area contributed by atoms with Crippen LogP contribution < -0.4 is 15.6 Å². The van der Waals surface area contributed by atoms with Gasteiger partial charge in [0.2, 0.25) is 0 Å². The van der Waals surface area contributed by atoms with Gasteiger partial charge in [0.1, 0.15) is 10.6 Å². The van der Waals surface area contributed by atoms with Crippen LogP contribution in [0.4, 0.5) is 4.79 Å². The molecule has 0 saturated heterocycles. The summed E-state index contributed by atoms with van der Waals surface area (Å²) >= 11 is 1.23. The van der Waals surface area contributed by atoms with Gasteiger partial charge >= 0.3 is 6.09 Å². The fourth-order valence-corrected chi connectivity index (χ4v) is 3.25. The molecule has 7 nitrogen and oxygen atoms in total. The van der Waals surface area contributed by atoms with Crippen molar-refractivity contribution in [3.8, 4) is 5.75 Å². The third kappa shape index (κ3) is 4.15. The van der Waals surface area contributed by atoms with Crippen molar-refractivity contribution in [2.24, 2.45) is 0 Å². The summed E-state index contributed by atoms with van der Waals surface area (Å²) in [7, 11) is 0. The van der Waals surface area contributed by atoms with E-state index < -0.39 is 12.0 Å². The maximum atomic E-state index is 12.1. The number of hydrazine groups is 1. The van der Waals surface area contributed by atoms with Crippen LogP contribution >= 0.6 is 11.3 Å². The Balaban J connectivity index is 1.44. The fraction of sp³-hybridized carbons (Fsp3) is 0.222. The quantitative estimate of drug-likeness (QED) is 0.578. The molecule has 0 atom stereocenters. The zero-order chi connectivity index (χ0) is 18.4. The van der Waals surface area contributed by atoms with E-state index >= 15 is 0 Å². The third-order valence-electron chi connectivity index (χ3n) is 3.69. The molecule has 136 valence electrons. The summed E-state index contributed by atoms with van der Waals surface area (Å²) in [5.74, 6) is 0.0431. The number of aromatic amines is 1. The topological polar surface area (TPSA) is 92.5 Å². The number of rotatable bonds is 6. The average molecular weight is 373 g/mol. The van der Waals surface area contributed by atoms with Crippen molar-refractivity contribution in [2.45, 2.75) is 13.3 Å². The van der Waals surface area contributed by atoms with Gasteiger partial charge in [-0.3, -0.25) is 10.2 Å². The summed E-state index contributed by atoms with van der Waals surface area (Å²) in [6, 6.07) is 9.63. The summed E-state index contributed by atoms with van der Waals surface area (Å²) in [5.41, 5.74) is 6.67. The van der Waals surface area contributed by atoms with Crippen molar-refractivity contribution >= 4 is 34.2 Å². The molecule has 1 aromatic carbocycles. The molecule has 0 spiro atoms. The molecule has 26 heavy (non-hydrogen) atoms. The minimum absolute atomic E-state index is 0.201. The predicted molar refractivity (Wildman–Crippen MR) is 99.4 cm³/mol. The standard InChI is InChI=1S/C18H19N3O4S/c1-2-24-15-8-10-26-16(15)17(22)20-21-18(23)25-9-7-12-11-19-14-6-4-3-5-13(12)14/h3-6,8,10-11,19H,2,7,9H2,1H3,(H,20,22)(H,21,23). The van der Waals surface area contributed by atoms with Crippen LogP contribution in [0.5, 0.6) is 5.75 Å². The number of fused-ring (bicyclic) bond motifs is 1. The van der Waals surface area contributed by atoms with Gasteiger partial charge in [0.05, 0.1) is 13.2 Å². The maximum absolute atomic E-state index is 12.1. The molecule has 0 radical (unpaired) electrons. The highest BCUT2D eigenvalue weighted by Crippen LogP contribution is 2.24. The van der Waals surface area contributed by atoms with E-state index in [2.05, 4.69) is 15.8 Å². The Morgan fingerprint density at radius 1 is 1.19 bits per heavy atom. The van der Waals surface area contributed by atoms with Crippen molar-refractivity contribution in [3.63, 3.8) is 0 Å². The number of aromatic nitrogens is 1. The molecule has 0 bridgehead atoms. The lowest BCUT2D eigenvalue weighted by Gasteiger charge is -2.09. The van der Waals surface area contributed by atoms with Crippen molar-refractivity contribution in [3.05, 3.63) is 52.3 Å². The van der Waals surface area contributed by atoms with E-state index in [1.807, 2.05) is 37.4 Å². The Morgan fingerprint density at radius 2 is 2.04 bits per heavy atom. The summed E-state index contributed by atoms with van der Waals surface area (Å²) in [4.78, 5) is 27.4. The first-order valence-corrected chi connectivity index (χ1v) is 9.05. The van der Waals surface area contributed by atoms with Crippen LogP contribution in [0.15, 0.2) is 41.9 Å². The molecule has 2 aromatic heterocycles. The van der Waals surface area contributed by atoms with Gasteiger partial charge < -0.3 is 14.5 Å². The van der Waals surface area contributed by atoms with Crippen LogP contribution in [0.1, 0.15) is 22.2 Å². The first-order valence-electron chi connectivity index (χ1n) is 8.17. The number of amides is 2. The number of benzene rings is 1. The molecule has 0 fully saturated rings. The molecule has 0 unspecified atom stereocenters. The summed E-state index contributed by atoms with van der Waals surface area (Å²) < 4.78 is 10.5. The molecule has 8 heteroatoms. The lowest BCUT2D eigenvalue weighted by Crippen LogP contribution is -2.41. The van der Waals surface area contributed by atoms with Gasteiger partial charge in [-0.1, -0.05) is 18.2 Å². The van der Waals surface area contributed by atoms with Crippen molar-refractivity contribution in [1.29, 1.82) is 0 Å². The number of thiophene rings is 1. The van der Waals surface area contributed by atoms with Crippen LogP contribution in [0.25, 0.3) is 10.9 Å². The second-order valence-corrected chi connectivity index (χ2v) is 6.29. The highest BCUT2D eigenvalue weighted by molar-refractivity contribution is 7.12. The Bertz CT molecular complexity index is 903.